The molecule has 0 bridgehead atoms. The molecule has 1 N–H and O–H groups in total. The molecule has 5 heteroatoms. The first-order chi connectivity index (χ1) is 10.8. The van der Waals surface area contributed by atoms with Crippen molar-refractivity contribution >= 4 is 6.71 Å². The zero-order chi connectivity index (χ0) is 15.6. The van der Waals surface area contributed by atoms with Crippen molar-refractivity contribution in [2.75, 3.05) is 13.1 Å². The molecule has 3 heterocycles. The fourth-order valence-electron chi connectivity index (χ4n) is 3.77. The van der Waals surface area contributed by atoms with Gasteiger partial charge in [0.25, 0.3) is 6.71 Å². The third-order valence-electron chi connectivity index (χ3n) is 5.08. The van der Waals surface area contributed by atoms with Gasteiger partial charge in [-0.25, -0.2) is 5.26 Å². The summed E-state index contributed by atoms with van der Waals surface area (Å²) >= 11 is 0. The van der Waals surface area contributed by atoms with Crippen LogP contribution in [-0.2, 0) is 12.7 Å². The van der Waals surface area contributed by atoms with Gasteiger partial charge in [-0.3, -0.25) is 4.98 Å². The normalized spacial score (nSPS) is 21.6. The van der Waals surface area contributed by atoms with E-state index in [-0.39, 0.29) is 6.71 Å². The second-order valence-corrected chi connectivity index (χ2v) is 6.55. The molecule has 22 heavy (non-hydrogen) atoms. The maximum absolute atomic E-state index is 9.14. The minimum Gasteiger partial charge on any atom is -0.490 e. The summed E-state index contributed by atoms with van der Waals surface area (Å²) < 4.78 is 6.20. The molecule has 4 rings (SSSR count). The van der Waals surface area contributed by atoms with Gasteiger partial charge in [-0.1, -0.05) is 20.2 Å². The average Bonchev–Trinajstić information content (AvgIpc) is 2.50. The Morgan fingerprint density at radius 3 is 2.82 bits per heavy atom. The summed E-state index contributed by atoms with van der Waals surface area (Å²) in [6, 6.07) is 1.97. The standard InChI is InChI=1S/C15H18BN3O.C2H6/c17-10-16-3-1-13-12(7-16)14(2-4-19-13)20-11-5-15(6-11)8-18-9-15;1-2/h2,4,11,18H,1,3,5-9H2;1-2H3. The second-order valence-electron chi connectivity index (χ2n) is 6.55. The Labute approximate surface area is 133 Å². The molecule has 0 atom stereocenters. The third kappa shape index (κ3) is 2.72. The molecule has 1 aromatic heterocycles. The van der Waals surface area contributed by atoms with E-state index >= 15 is 0 Å². The lowest BCUT2D eigenvalue weighted by atomic mass is 9.42. The van der Waals surface area contributed by atoms with Gasteiger partial charge < -0.3 is 10.1 Å². The highest BCUT2D eigenvalue weighted by Gasteiger charge is 2.49. The predicted octanol–water partition coefficient (Wildman–Crippen LogP) is 2.43. The van der Waals surface area contributed by atoms with Crippen molar-refractivity contribution in [3.05, 3.63) is 23.5 Å². The van der Waals surface area contributed by atoms with Crippen LogP contribution in [-0.4, -0.2) is 30.9 Å². The van der Waals surface area contributed by atoms with Crippen molar-refractivity contribution in [3.8, 4) is 11.7 Å². The van der Waals surface area contributed by atoms with E-state index in [4.69, 9.17) is 10.00 Å². The fraction of sp³-hybridized carbons (Fsp3) is 0.647. The molecule has 0 radical (unpaired) electrons. The van der Waals surface area contributed by atoms with E-state index in [0.29, 0.717) is 11.5 Å². The predicted molar refractivity (Wildman–Crippen MR) is 88.1 cm³/mol. The Kier molecular flexibility index (Phi) is 4.40. The number of pyridine rings is 1. The molecular weight excluding hydrogens is 273 g/mol. The highest BCUT2D eigenvalue weighted by molar-refractivity contribution is 6.66. The van der Waals surface area contributed by atoms with Crippen LogP contribution in [0.15, 0.2) is 12.3 Å². The van der Waals surface area contributed by atoms with Crippen LogP contribution in [0.3, 0.4) is 0 Å². The SMILES string of the molecule is CC.N#CB1CCc2nccc(OC3CC4(CNC4)C3)c2C1. The van der Waals surface area contributed by atoms with Crippen LogP contribution in [0.25, 0.3) is 0 Å². The van der Waals surface area contributed by atoms with Crippen molar-refractivity contribution < 1.29 is 4.74 Å². The van der Waals surface area contributed by atoms with E-state index in [1.807, 2.05) is 26.1 Å². The molecular formula is C17H24BN3O. The lowest BCUT2D eigenvalue weighted by molar-refractivity contribution is -0.0498. The van der Waals surface area contributed by atoms with E-state index in [1.54, 1.807) is 0 Å². The Morgan fingerprint density at radius 2 is 2.18 bits per heavy atom. The van der Waals surface area contributed by atoms with Gasteiger partial charge in [0.2, 0.25) is 0 Å². The lowest BCUT2D eigenvalue weighted by Gasteiger charge is -2.53. The van der Waals surface area contributed by atoms with Gasteiger partial charge in [0.15, 0.2) is 0 Å². The molecule has 0 aromatic carbocycles. The van der Waals surface area contributed by atoms with Crippen LogP contribution in [0, 0.1) is 16.6 Å². The number of nitrogens with one attached hydrogen (secondary N) is 1. The quantitative estimate of drug-likeness (QED) is 0.852. The summed E-state index contributed by atoms with van der Waals surface area (Å²) in [6.45, 7) is 6.42. The number of ether oxygens (including phenoxy) is 1. The zero-order valence-corrected chi connectivity index (χ0v) is 13.6. The number of nitriles is 1. The van der Waals surface area contributed by atoms with Crippen molar-refractivity contribution in [3.63, 3.8) is 0 Å². The molecule has 1 saturated carbocycles. The largest absolute Gasteiger partial charge is 0.490 e. The smallest absolute Gasteiger partial charge is 0.272 e. The molecule has 1 aromatic rings. The average molecular weight is 297 g/mol. The Bertz CT molecular complexity index is 572. The number of nitrogens with zero attached hydrogens (tertiary/aromatic N) is 2. The third-order valence-corrected chi connectivity index (χ3v) is 5.08. The first-order valence-corrected chi connectivity index (χ1v) is 8.52. The van der Waals surface area contributed by atoms with Gasteiger partial charge in [-0.15, -0.1) is 0 Å². The van der Waals surface area contributed by atoms with Crippen LogP contribution >= 0.6 is 0 Å². The van der Waals surface area contributed by atoms with Crippen LogP contribution < -0.4 is 10.1 Å². The van der Waals surface area contributed by atoms with E-state index < -0.39 is 0 Å². The van der Waals surface area contributed by atoms with E-state index in [1.165, 1.54) is 18.4 Å². The van der Waals surface area contributed by atoms with Gasteiger partial charge in [0, 0.05) is 41.9 Å². The molecule has 2 aliphatic heterocycles. The van der Waals surface area contributed by atoms with Crippen molar-refractivity contribution in [2.45, 2.75) is 51.9 Å². The summed E-state index contributed by atoms with van der Waals surface area (Å²) in [6.07, 6.45) is 7.17. The molecule has 3 aliphatic rings. The highest BCUT2D eigenvalue weighted by Crippen LogP contribution is 2.46. The summed E-state index contributed by atoms with van der Waals surface area (Å²) in [5, 5.41) is 12.5. The minimum absolute atomic E-state index is 0.123. The van der Waals surface area contributed by atoms with E-state index in [0.717, 1.165) is 43.6 Å². The number of hydrogen-bond donors (Lipinski definition) is 1. The zero-order valence-electron chi connectivity index (χ0n) is 13.6. The monoisotopic (exact) mass is 297 g/mol. The summed E-state index contributed by atoms with van der Waals surface area (Å²) in [5.41, 5.74) is 2.85. The van der Waals surface area contributed by atoms with Crippen LogP contribution in [0.4, 0.5) is 0 Å². The van der Waals surface area contributed by atoms with Gasteiger partial charge in [0.1, 0.15) is 5.75 Å². The molecule has 116 valence electrons. The van der Waals surface area contributed by atoms with Gasteiger partial charge in [-0.2, -0.15) is 0 Å². The number of hydrogen-bond acceptors (Lipinski definition) is 4. The Hall–Kier alpha value is -1.54. The first-order valence-electron chi connectivity index (χ1n) is 8.52. The molecule has 2 fully saturated rings. The lowest BCUT2D eigenvalue weighted by Crippen LogP contribution is -2.62. The van der Waals surface area contributed by atoms with Crippen LogP contribution in [0.5, 0.6) is 5.75 Å². The number of aryl methyl sites for hydroxylation is 1. The fourth-order valence-corrected chi connectivity index (χ4v) is 3.77. The van der Waals surface area contributed by atoms with Gasteiger partial charge in [-0.05, 0) is 31.6 Å². The molecule has 1 saturated heterocycles. The van der Waals surface area contributed by atoms with Gasteiger partial charge >= 0.3 is 0 Å². The maximum atomic E-state index is 9.14. The summed E-state index contributed by atoms with van der Waals surface area (Å²) in [7, 11) is 0. The second kappa shape index (κ2) is 6.30. The molecule has 0 unspecified atom stereocenters. The van der Waals surface area contributed by atoms with Gasteiger partial charge in [0.05, 0.1) is 6.10 Å². The van der Waals surface area contributed by atoms with Crippen LogP contribution in [0.2, 0.25) is 6.32 Å². The van der Waals surface area contributed by atoms with Crippen molar-refractivity contribution in [2.24, 2.45) is 5.41 Å². The number of rotatable bonds is 2. The van der Waals surface area contributed by atoms with Crippen LogP contribution in [0.1, 0.15) is 37.9 Å². The van der Waals surface area contributed by atoms with E-state index in [9.17, 15) is 0 Å². The topological polar surface area (TPSA) is 57.9 Å². The minimum atomic E-state index is 0.123. The summed E-state index contributed by atoms with van der Waals surface area (Å²) in [5.74, 6) is 3.37. The number of aromatic nitrogens is 1. The first kappa shape index (κ1) is 15.4. The Morgan fingerprint density at radius 1 is 1.41 bits per heavy atom. The van der Waals surface area contributed by atoms with Crippen molar-refractivity contribution in [1.29, 1.82) is 5.26 Å². The highest BCUT2D eigenvalue weighted by atomic mass is 16.5. The summed E-state index contributed by atoms with van der Waals surface area (Å²) in [4.78, 5) is 4.46. The molecule has 0 amide bonds. The molecule has 4 nitrogen and oxygen atoms in total. The maximum Gasteiger partial charge on any atom is 0.272 e. The van der Waals surface area contributed by atoms with Crippen molar-refractivity contribution in [1.82, 2.24) is 10.3 Å². The molecule has 1 aliphatic carbocycles. The number of fused-ring (bicyclic) bond motifs is 1. The Balaban J connectivity index is 0.000000693. The molecule has 1 spiro atoms. The van der Waals surface area contributed by atoms with E-state index in [2.05, 4.69) is 16.3 Å².